The number of Topliss-reactive ketones (excluding diaryl/α,β-unsaturated/α-hetero) is 1. The zero-order chi connectivity index (χ0) is 15.2. The highest BCUT2D eigenvalue weighted by molar-refractivity contribution is 5.96. The third kappa shape index (κ3) is 1.92. The van der Waals surface area contributed by atoms with Crippen LogP contribution in [0.4, 0.5) is 0 Å². The van der Waals surface area contributed by atoms with Crippen LogP contribution in [0, 0.1) is 5.92 Å². The second-order valence-electron chi connectivity index (χ2n) is 2.77. The molecule has 1 saturated carbocycles. The van der Waals surface area contributed by atoms with Crippen molar-refractivity contribution in [2.75, 3.05) is 0 Å². The van der Waals surface area contributed by atoms with E-state index in [4.69, 9.17) is 11.0 Å². The van der Waals surface area contributed by atoms with Crippen LogP contribution in [0.1, 0.15) is 50.8 Å². The Balaban J connectivity index is 3.45. The zero-order valence-corrected chi connectivity index (χ0v) is 6.40. The Morgan fingerprint density at radius 3 is 3.09 bits per heavy atom. The minimum atomic E-state index is -2.92. The fourth-order valence-corrected chi connectivity index (χ4v) is 1.10. The summed E-state index contributed by atoms with van der Waals surface area (Å²) in [4.78, 5) is 12.1. The summed E-state index contributed by atoms with van der Waals surface area (Å²) in [5.41, 5.74) is -1.27. The molecule has 1 fully saturated rings. The zero-order valence-electron chi connectivity index (χ0n) is 14.4. The van der Waals surface area contributed by atoms with Crippen LogP contribution in [-0.2, 0) is 4.79 Å². The van der Waals surface area contributed by atoms with Crippen LogP contribution in [0.5, 0.6) is 0 Å². The quantitative estimate of drug-likeness (QED) is 0.498. The van der Waals surface area contributed by atoms with Gasteiger partial charge in [0.2, 0.25) is 0 Å². The van der Waals surface area contributed by atoms with E-state index in [0.29, 0.717) is 0 Å². The summed E-state index contributed by atoms with van der Waals surface area (Å²) in [6.07, 6.45) is -1.97. The van der Waals surface area contributed by atoms with E-state index in [1.807, 2.05) is 0 Å². The first-order chi connectivity index (χ1) is 8.29. The smallest absolute Gasteiger partial charge is 0.159 e. The Morgan fingerprint density at radius 1 is 1.73 bits per heavy atom. The van der Waals surface area contributed by atoms with Crippen molar-refractivity contribution in [2.45, 2.75) is 39.8 Å². The van der Waals surface area contributed by atoms with Gasteiger partial charge in [-0.25, -0.2) is 0 Å². The van der Waals surface area contributed by atoms with E-state index in [9.17, 15) is 4.79 Å². The molecule has 0 aromatic rings. The molecule has 0 heterocycles. The highest BCUT2D eigenvalue weighted by Gasteiger charge is 2.20. The van der Waals surface area contributed by atoms with Gasteiger partial charge in [0, 0.05) is 17.3 Å². The molecule has 0 aliphatic heterocycles. The topological polar surface area (TPSA) is 17.1 Å². The van der Waals surface area contributed by atoms with Crippen LogP contribution in [0.15, 0.2) is 11.1 Å². The standard InChI is InChI=1S/C10H16O/c1-7(2)9-5-4-8(3)6-10(9)11/h8H,4-6H2,1-3H3/t8-/m0/s1/i1D3,2D3,6D2. The third-order valence-electron chi connectivity index (χ3n) is 1.78. The summed E-state index contributed by atoms with van der Waals surface area (Å²) in [6.45, 7) is -4.29. The number of carbonyl (C=O) groups is 1. The summed E-state index contributed by atoms with van der Waals surface area (Å²) in [5, 5.41) is 0. The molecule has 0 unspecified atom stereocenters. The maximum absolute atomic E-state index is 12.1. The van der Waals surface area contributed by atoms with Gasteiger partial charge in [0.05, 0.1) is 0 Å². The van der Waals surface area contributed by atoms with Crippen molar-refractivity contribution in [3.8, 4) is 0 Å². The van der Waals surface area contributed by atoms with Crippen molar-refractivity contribution in [2.24, 2.45) is 5.92 Å². The first-order valence-electron chi connectivity index (χ1n) is 7.58. The van der Waals surface area contributed by atoms with E-state index in [2.05, 4.69) is 0 Å². The average molecular weight is 160 g/mol. The van der Waals surface area contributed by atoms with Crippen molar-refractivity contribution in [1.82, 2.24) is 0 Å². The molecule has 0 amide bonds. The van der Waals surface area contributed by atoms with Crippen molar-refractivity contribution >= 4 is 5.78 Å². The minimum absolute atomic E-state index is 0.00831. The molecule has 62 valence electrons. The Kier molecular flexibility index (Phi) is 0.792. The van der Waals surface area contributed by atoms with Gasteiger partial charge in [-0.05, 0) is 38.0 Å². The van der Waals surface area contributed by atoms with Crippen LogP contribution in [0.2, 0.25) is 0 Å². The second kappa shape index (κ2) is 3.21. The molecule has 0 aromatic carbocycles. The molecule has 1 atom stereocenters. The monoisotopic (exact) mass is 160 g/mol. The number of hydrogen-bond acceptors (Lipinski definition) is 1. The van der Waals surface area contributed by atoms with E-state index < -0.39 is 37.4 Å². The maximum Gasteiger partial charge on any atom is 0.159 e. The van der Waals surface area contributed by atoms with Gasteiger partial charge in [-0.3, -0.25) is 4.79 Å². The normalized spacial score (nSPS) is 43.2. The number of ketones is 1. The lowest BCUT2D eigenvalue weighted by Gasteiger charge is -2.19. The van der Waals surface area contributed by atoms with Crippen molar-refractivity contribution in [1.29, 1.82) is 0 Å². The van der Waals surface area contributed by atoms with Crippen molar-refractivity contribution in [3.05, 3.63) is 11.1 Å². The molecular weight excluding hydrogens is 136 g/mol. The van der Waals surface area contributed by atoms with E-state index in [-0.39, 0.29) is 18.4 Å². The van der Waals surface area contributed by atoms with Gasteiger partial charge in [-0.1, -0.05) is 12.5 Å². The molecule has 1 rings (SSSR count). The lowest BCUT2D eigenvalue weighted by Crippen LogP contribution is -2.16. The van der Waals surface area contributed by atoms with Crippen LogP contribution in [0.3, 0.4) is 0 Å². The number of rotatable bonds is 0. The molecule has 1 aliphatic rings. The summed E-state index contributed by atoms with van der Waals surface area (Å²) in [7, 11) is 0. The molecule has 1 aliphatic carbocycles. The summed E-state index contributed by atoms with van der Waals surface area (Å²) >= 11 is 0. The SMILES string of the molecule is [2H]C([2H])([2H])C(=C1CC[C@H](C)C([2H])([2H])C1=O)C([2H])([2H])[2H]. The third-order valence-corrected chi connectivity index (χ3v) is 1.78. The maximum atomic E-state index is 12.1. The van der Waals surface area contributed by atoms with Gasteiger partial charge in [0.1, 0.15) is 0 Å². The number of carbonyl (C=O) groups excluding carboxylic acids is 1. The molecule has 0 spiro atoms. The Hall–Kier alpha value is -0.590. The fraction of sp³-hybridized carbons (Fsp3) is 0.700. The first kappa shape index (κ1) is 2.72. The van der Waals surface area contributed by atoms with Gasteiger partial charge in [-0.2, -0.15) is 0 Å². The largest absolute Gasteiger partial charge is 0.295 e. The molecule has 1 heteroatoms. The Labute approximate surface area is 79.7 Å². The van der Waals surface area contributed by atoms with Crippen LogP contribution < -0.4 is 0 Å². The van der Waals surface area contributed by atoms with Crippen molar-refractivity contribution < 1.29 is 15.8 Å². The number of allylic oxidation sites excluding steroid dienone is 2. The summed E-state index contributed by atoms with van der Waals surface area (Å²) in [5.74, 6) is -1.56. The number of hydrogen-bond donors (Lipinski definition) is 0. The van der Waals surface area contributed by atoms with Crippen LogP contribution in [0.25, 0.3) is 0 Å². The van der Waals surface area contributed by atoms with Crippen LogP contribution in [-0.4, -0.2) is 5.78 Å². The van der Waals surface area contributed by atoms with Gasteiger partial charge in [0.15, 0.2) is 5.78 Å². The Bertz CT molecular complexity index is 398. The molecular formula is C10H16O. The van der Waals surface area contributed by atoms with Crippen molar-refractivity contribution in [3.63, 3.8) is 0 Å². The lowest BCUT2D eigenvalue weighted by molar-refractivity contribution is -0.117. The Morgan fingerprint density at radius 2 is 2.45 bits per heavy atom. The lowest BCUT2D eigenvalue weighted by atomic mass is 9.84. The summed E-state index contributed by atoms with van der Waals surface area (Å²) < 4.78 is 59.1. The average Bonchev–Trinajstić information content (AvgIpc) is 2.16. The molecule has 0 saturated heterocycles. The first-order valence-corrected chi connectivity index (χ1v) is 3.58. The molecule has 0 radical (unpaired) electrons. The van der Waals surface area contributed by atoms with Gasteiger partial charge in [-0.15, -0.1) is 0 Å². The fourth-order valence-electron chi connectivity index (χ4n) is 1.10. The highest BCUT2D eigenvalue weighted by atomic mass is 16.1. The minimum Gasteiger partial charge on any atom is -0.295 e. The van der Waals surface area contributed by atoms with E-state index in [1.165, 1.54) is 0 Å². The van der Waals surface area contributed by atoms with Crippen LogP contribution >= 0.6 is 0 Å². The molecule has 11 heavy (non-hydrogen) atoms. The highest BCUT2D eigenvalue weighted by Crippen LogP contribution is 2.26. The van der Waals surface area contributed by atoms with Gasteiger partial charge < -0.3 is 0 Å². The van der Waals surface area contributed by atoms with E-state index in [0.717, 1.165) is 0 Å². The molecule has 0 N–H and O–H groups in total. The van der Waals surface area contributed by atoms with Gasteiger partial charge in [0.25, 0.3) is 0 Å². The predicted molar refractivity (Wildman–Crippen MR) is 46.4 cm³/mol. The second-order valence-corrected chi connectivity index (χ2v) is 2.77. The molecule has 1 nitrogen and oxygen atoms in total. The molecule has 0 bridgehead atoms. The predicted octanol–water partition coefficient (Wildman–Crippen LogP) is 2.71. The molecule has 0 aromatic heterocycles. The van der Waals surface area contributed by atoms with E-state index >= 15 is 0 Å². The summed E-state index contributed by atoms with van der Waals surface area (Å²) in [6, 6.07) is 0. The van der Waals surface area contributed by atoms with Gasteiger partial charge >= 0.3 is 0 Å². The van der Waals surface area contributed by atoms with E-state index in [1.54, 1.807) is 6.92 Å².